The zero-order chi connectivity index (χ0) is 20.6. The van der Waals surface area contributed by atoms with E-state index in [0.29, 0.717) is 0 Å². The van der Waals surface area contributed by atoms with E-state index in [9.17, 15) is 5.11 Å². The summed E-state index contributed by atoms with van der Waals surface area (Å²) in [4.78, 5) is 4.55. The molecule has 1 aliphatic heterocycles. The Kier molecular flexibility index (Phi) is 5.08. The van der Waals surface area contributed by atoms with Crippen LogP contribution in [0.15, 0.2) is 48.7 Å². The lowest BCUT2D eigenvalue weighted by molar-refractivity contribution is 0.105. The van der Waals surface area contributed by atoms with E-state index in [2.05, 4.69) is 56.9 Å². The molecule has 2 heterocycles. The van der Waals surface area contributed by atoms with Gasteiger partial charge in [0.05, 0.1) is 11.3 Å². The number of hydrogen-bond acceptors (Lipinski definition) is 3. The second kappa shape index (κ2) is 7.55. The van der Waals surface area contributed by atoms with Crippen molar-refractivity contribution in [3.63, 3.8) is 0 Å². The smallest absolute Gasteiger partial charge is 0.136 e. The SMILES string of the molecule is CCCCCc1cc2c(c(O)c1-c1ccccn1)-c1cc(C)ccc1C(C)(C)O2. The van der Waals surface area contributed by atoms with E-state index in [1.165, 1.54) is 5.56 Å². The first kappa shape index (κ1) is 19.5. The number of aryl methyl sites for hydroxylation is 2. The van der Waals surface area contributed by atoms with Gasteiger partial charge in [-0.2, -0.15) is 0 Å². The van der Waals surface area contributed by atoms with Crippen LogP contribution in [0.4, 0.5) is 0 Å². The van der Waals surface area contributed by atoms with E-state index in [0.717, 1.165) is 64.9 Å². The average Bonchev–Trinajstić information content (AvgIpc) is 2.68. The molecule has 4 rings (SSSR count). The average molecular weight is 388 g/mol. The summed E-state index contributed by atoms with van der Waals surface area (Å²) in [5.74, 6) is 1.03. The highest BCUT2D eigenvalue weighted by Gasteiger charge is 2.35. The number of phenols is 1. The van der Waals surface area contributed by atoms with Crippen LogP contribution in [0, 0.1) is 6.92 Å². The van der Waals surface area contributed by atoms with Crippen LogP contribution in [0.3, 0.4) is 0 Å². The highest BCUT2D eigenvalue weighted by atomic mass is 16.5. The predicted molar refractivity (Wildman–Crippen MR) is 118 cm³/mol. The van der Waals surface area contributed by atoms with E-state index in [1.54, 1.807) is 6.20 Å². The van der Waals surface area contributed by atoms with Crippen molar-refractivity contribution < 1.29 is 9.84 Å². The highest BCUT2D eigenvalue weighted by Crippen LogP contribution is 2.53. The molecule has 0 radical (unpaired) electrons. The van der Waals surface area contributed by atoms with Crippen LogP contribution in [0.25, 0.3) is 22.4 Å². The van der Waals surface area contributed by atoms with Crippen molar-refractivity contribution in [2.75, 3.05) is 0 Å². The summed E-state index contributed by atoms with van der Waals surface area (Å²) in [7, 11) is 0. The third kappa shape index (κ3) is 3.50. The van der Waals surface area contributed by atoms with Gasteiger partial charge in [0.25, 0.3) is 0 Å². The van der Waals surface area contributed by atoms with Gasteiger partial charge in [-0.15, -0.1) is 0 Å². The zero-order valence-corrected chi connectivity index (χ0v) is 17.7. The standard InChI is InChI=1S/C26H29NO2/c1-5-6-7-10-18-16-22-24(25(28)23(18)21-11-8-9-14-27-21)19-15-17(2)12-13-20(19)26(3,4)29-22/h8-9,11-16,28H,5-7,10H2,1-4H3. The van der Waals surface area contributed by atoms with Gasteiger partial charge in [0.15, 0.2) is 0 Å². The van der Waals surface area contributed by atoms with E-state index in [4.69, 9.17) is 4.74 Å². The molecule has 0 saturated heterocycles. The van der Waals surface area contributed by atoms with Crippen LogP contribution < -0.4 is 4.74 Å². The first-order chi connectivity index (χ1) is 13.9. The van der Waals surface area contributed by atoms with E-state index in [-0.39, 0.29) is 5.75 Å². The molecule has 1 aromatic heterocycles. The number of unbranched alkanes of at least 4 members (excludes halogenated alkanes) is 2. The summed E-state index contributed by atoms with van der Waals surface area (Å²) in [6.45, 7) is 8.46. The fourth-order valence-electron chi connectivity index (χ4n) is 4.32. The number of hydrogen-bond donors (Lipinski definition) is 1. The van der Waals surface area contributed by atoms with Crippen molar-refractivity contribution in [1.29, 1.82) is 0 Å². The van der Waals surface area contributed by atoms with Crippen molar-refractivity contribution in [2.45, 2.75) is 59.0 Å². The minimum atomic E-state index is -0.449. The molecule has 0 bridgehead atoms. The van der Waals surface area contributed by atoms with Crippen molar-refractivity contribution >= 4 is 0 Å². The molecule has 3 aromatic rings. The molecule has 150 valence electrons. The molecular weight excluding hydrogens is 358 g/mol. The second-order valence-corrected chi connectivity index (χ2v) is 8.47. The molecule has 2 aromatic carbocycles. The molecule has 1 aliphatic rings. The van der Waals surface area contributed by atoms with Gasteiger partial charge in [0.1, 0.15) is 17.1 Å². The van der Waals surface area contributed by atoms with E-state index in [1.807, 2.05) is 18.2 Å². The lowest BCUT2D eigenvalue weighted by Gasteiger charge is -2.36. The first-order valence-electron chi connectivity index (χ1n) is 10.5. The Labute approximate surface area is 173 Å². The second-order valence-electron chi connectivity index (χ2n) is 8.47. The van der Waals surface area contributed by atoms with Crippen molar-refractivity contribution in [1.82, 2.24) is 4.98 Å². The topological polar surface area (TPSA) is 42.4 Å². The maximum Gasteiger partial charge on any atom is 0.136 e. The lowest BCUT2D eigenvalue weighted by Crippen LogP contribution is -2.29. The molecular formula is C26H29NO2. The van der Waals surface area contributed by atoms with Crippen LogP contribution in [-0.2, 0) is 12.0 Å². The zero-order valence-electron chi connectivity index (χ0n) is 17.7. The third-order valence-corrected chi connectivity index (χ3v) is 5.78. The van der Waals surface area contributed by atoms with Crippen molar-refractivity contribution in [3.8, 4) is 33.9 Å². The number of fused-ring (bicyclic) bond motifs is 3. The predicted octanol–water partition coefficient (Wildman–Crippen LogP) is 6.79. The normalized spacial score (nSPS) is 14.1. The van der Waals surface area contributed by atoms with Crippen LogP contribution in [0.2, 0.25) is 0 Å². The molecule has 0 atom stereocenters. The molecule has 0 amide bonds. The Balaban J connectivity index is 1.98. The summed E-state index contributed by atoms with van der Waals surface area (Å²) in [5, 5.41) is 11.5. The molecule has 3 nitrogen and oxygen atoms in total. The monoisotopic (exact) mass is 387 g/mol. The van der Waals surface area contributed by atoms with Crippen molar-refractivity contribution in [3.05, 3.63) is 65.4 Å². The Morgan fingerprint density at radius 3 is 2.59 bits per heavy atom. The Bertz CT molecular complexity index is 1040. The molecule has 0 saturated carbocycles. The molecule has 0 unspecified atom stereocenters. The number of aromatic nitrogens is 1. The number of pyridine rings is 1. The van der Waals surface area contributed by atoms with E-state index < -0.39 is 5.60 Å². The van der Waals surface area contributed by atoms with Gasteiger partial charge in [-0.25, -0.2) is 0 Å². The van der Waals surface area contributed by atoms with Crippen LogP contribution in [0.5, 0.6) is 11.5 Å². The van der Waals surface area contributed by atoms with E-state index >= 15 is 0 Å². The fourth-order valence-corrected chi connectivity index (χ4v) is 4.32. The number of aromatic hydroxyl groups is 1. The van der Waals surface area contributed by atoms with Crippen molar-refractivity contribution in [2.24, 2.45) is 0 Å². The number of nitrogens with zero attached hydrogens (tertiary/aromatic N) is 1. The summed E-state index contributed by atoms with van der Waals surface area (Å²) in [6.07, 6.45) is 6.07. The van der Waals surface area contributed by atoms with Gasteiger partial charge in [-0.3, -0.25) is 4.98 Å². The summed E-state index contributed by atoms with van der Waals surface area (Å²) in [5.41, 5.74) is 6.37. The van der Waals surface area contributed by atoms with Crippen LogP contribution >= 0.6 is 0 Å². The number of rotatable bonds is 5. The Morgan fingerprint density at radius 2 is 1.86 bits per heavy atom. The van der Waals surface area contributed by atoms with Crippen LogP contribution in [0.1, 0.15) is 56.7 Å². The molecule has 0 spiro atoms. The first-order valence-corrected chi connectivity index (χ1v) is 10.5. The van der Waals surface area contributed by atoms with Gasteiger partial charge < -0.3 is 9.84 Å². The quantitative estimate of drug-likeness (QED) is 0.490. The van der Waals surface area contributed by atoms with Gasteiger partial charge in [0.2, 0.25) is 0 Å². The Hall–Kier alpha value is -2.81. The molecule has 3 heteroatoms. The number of ether oxygens (including phenoxy) is 1. The maximum absolute atomic E-state index is 11.5. The summed E-state index contributed by atoms with van der Waals surface area (Å²) in [6, 6.07) is 14.3. The summed E-state index contributed by atoms with van der Waals surface area (Å²) < 4.78 is 6.42. The molecule has 29 heavy (non-hydrogen) atoms. The van der Waals surface area contributed by atoms with Crippen LogP contribution in [-0.4, -0.2) is 10.1 Å². The highest BCUT2D eigenvalue weighted by molar-refractivity contribution is 5.89. The van der Waals surface area contributed by atoms with Gasteiger partial charge in [-0.1, -0.05) is 49.6 Å². The number of benzene rings is 2. The fraction of sp³-hybridized carbons (Fsp3) is 0.346. The third-order valence-electron chi connectivity index (χ3n) is 5.78. The summed E-state index contributed by atoms with van der Waals surface area (Å²) >= 11 is 0. The number of phenolic OH excluding ortho intramolecular Hbond substituents is 1. The molecule has 1 N–H and O–H groups in total. The largest absolute Gasteiger partial charge is 0.506 e. The van der Waals surface area contributed by atoms with Gasteiger partial charge in [0, 0.05) is 17.3 Å². The molecule has 0 aliphatic carbocycles. The van der Waals surface area contributed by atoms with Gasteiger partial charge in [-0.05, 0) is 62.9 Å². The van der Waals surface area contributed by atoms with Gasteiger partial charge >= 0.3 is 0 Å². The lowest BCUT2D eigenvalue weighted by atomic mass is 9.82. The minimum absolute atomic E-state index is 0.273. The Morgan fingerprint density at radius 1 is 1.03 bits per heavy atom. The maximum atomic E-state index is 11.5. The molecule has 0 fully saturated rings. The minimum Gasteiger partial charge on any atom is -0.506 e.